The van der Waals surface area contributed by atoms with Gasteiger partial charge < -0.3 is 4.42 Å². The Hall–Kier alpha value is -2.71. The molecule has 0 fully saturated rings. The summed E-state index contributed by atoms with van der Waals surface area (Å²) in [4.78, 5) is 28.8. The van der Waals surface area contributed by atoms with Crippen LogP contribution in [0.4, 0.5) is 0 Å². The molecule has 2 aromatic rings. The summed E-state index contributed by atoms with van der Waals surface area (Å²) in [5.74, 6) is -0.732. The molecule has 1 aromatic heterocycles. The number of fused-ring (bicyclic) bond motifs is 2. The van der Waals surface area contributed by atoms with E-state index < -0.39 is 5.91 Å². The largest absolute Gasteiger partial charge is 0.463 e. The highest BCUT2D eigenvalue weighted by molar-refractivity contribution is 8.26. The molecule has 0 aliphatic carbocycles. The number of amides is 1. The average Bonchev–Trinajstić information content (AvgIpc) is 2.94. The molecular formula is C16H9ClN4O3S. The Kier molecular flexibility index (Phi) is 3.59. The van der Waals surface area contributed by atoms with Crippen LogP contribution in [0.1, 0.15) is 12.5 Å². The molecule has 7 nitrogen and oxygen atoms in total. The van der Waals surface area contributed by atoms with Crippen LogP contribution in [0.2, 0.25) is 5.02 Å². The monoisotopic (exact) mass is 372 g/mol. The second-order valence-electron chi connectivity index (χ2n) is 5.30. The minimum atomic E-state index is -0.598. The van der Waals surface area contributed by atoms with Gasteiger partial charge in [0.25, 0.3) is 5.91 Å². The van der Waals surface area contributed by atoms with Gasteiger partial charge in [-0.05, 0) is 43.0 Å². The number of rotatable bonds is 1. The minimum Gasteiger partial charge on any atom is -0.463 e. The van der Waals surface area contributed by atoms with Gasteiger partial charge in [0.05, 0.1) is 21.6 Å². The van der Waals surface area contributed by atoms with Crippen LogP contribution < -0.4 is 5.43 Å². The number of nitrogens with one attached hydrogen (secondary N) is 1. The first kappa shape index (κ1) is 15.8. The van der Waals surface area contributed by atoms with Crippen molar-refractivity contribution in [3.05, 3.63) is 50.8 Å². The third kappa shape index (κ3) is 2.59. The molecule has 124 valence electrons. The molecule has 0 bridgehead atoms. The number of thioether (sulfide) groups is 1. The molecule has 0 saturated carbocycles. The van der Waals surface area contributed by atoms with Gasteiger partial charge >= 0.3 is 0 Å². The lowest BCUT2D eigenvalue weighted by atomic mass is 10.1. The maximum Gasteiger partial charge on any atom is 0.283 e. The number of aliphatic imine (C=N–C) groups is 1. The molecule has 0 atom stereocenters. The van der Waals surface area contributed by atoms with Crippen LogP contribution in [0.3, 0.4) is 0 Å². The van der Waals surface area contributed by atoms with Crippen molar-refractivity contribution in [2.45, 2.75) is 6.92 Å². The first-order chi connectivity index (χ1) is 11.9. The van der Waals surface area contributed by atoms with E-state index in [9.17, 15) is 9.59 Å². The van der Waals surface area contributed by atoms with E-state index in [1.54, 1.807) is 19.1 Å². The van der Waals surface area contributed by atoms with E-state index >= 15 is 0 Å². The van der Waals surface area contributed by atoms with Crippen LogP contribution in [0.15, 0.2) is 49.3 Å². The van der Waals surface area contributed by atoms with Crippen molar-refractivity contribution in [2.75, 3.05) is 0 Å². The van der Waals surface area contributed by atoms with Gasteiger partial charge in [0.2, 0.25) is 5.17 Å². The number of amidine groups is 2. The topological polar surface area (TPSA) is 99.1 Å². The van der Waals surface area contributed by atoms with E-state index in [1.165, 1.54) is 35.2 Å². The Labute approximate surface area is 150 Å². The highest BCUT2D eigenvalue weighted by Gasteiger charge is 2.34. The zero-order valence-corrected chi connectivity index (χ0v) is 14.3. The molecule has 2 aliphatic heterocycles. The molecule has 9 heteroatoms. The van der Waals surface area contributed by atoms with Crippen molar-refractivity contribution >= 4 is 62.4 Å². The number of hydrazone groups is 1. The maximum atomic E-state index is 12.6. The third-order valence-electron chi connectivity index (χ3n) is 3.62. The number of carbonyl (C=O) groups excluding carboxylic acids is 1. The molecule has 25 heavy (non-hydrogen) atoms. The standard InChI is InChI=1S/C16H9ClN4O3S/c1-7-20-21-14(18)11(15(23)19-16(21)25-7)4-8-6-24-12-3-2-9(17)5-10(12)13(8)22/h2-6,18H,1H3/b11-4-,18-14?. The highest BCUT2D eigenvalue weighted by atomic mass is 35.5. The summed E-state index contributed by atoms with van der Waals surface area (Å²) < 4.78 is 5.43. The van der Waals surface area contributed by atoms with Gasteiger partial charge in [-0.2, -0.15) is 15.1 Å². The van der Waals surface area contributed by atoms with Crippen molar-refractivity contribution in [1.82, 2.24) is 5.01 Å². The lowest BCUT2D eigenvalue weighted by molar-refractivity contribution is -0.114. The van der Waals surface area contributed by atoms with Crippen molar-refractivity contribution in [3.63, 3.8) is 0 Å². The van der Waals surface area contributed by atoms with Gasteiger partial charge in [-0.1, -0.05) is 11.6 Å². The zero-order chi connectivity index (χ0) is 17.7. The van der Waals surface area contributed by atoms with Gasteiger partial charge in [-0.25, -0.2) is 0 Å². The number of benzene rings is 1. The summed E-state index contributed by atoms with van der Waals surface area (Å²) in [6.07, 6.45) is 2.55. The van der Waals surface area contributed by atoms with Crippen LogP contribution in [-0.2, 0) is 4.79 Å². The SMILES string of the molecule is CC1=NN2C(=N)/C(=C/c3coc4ccc(Cl)cc4c3=O)C(=O)N=C2S1. The van der Waals surface area contributed by atoms with E-state index in [0.717, 1.165) is 0 Å². The van der Waals surface area contributed by atoms with Crippen LogP contribution in [-0.4, -0.2) is 27.0 Å². The van der Waals surface area contributed by atoms with Gasteiger partial charge in [-0.3, -0.25) is 15.0 Å². The smallest absolute Gasteiger partial charge is 0.283 e. The molecule has 0 unspecified atom stereocenters. The van der Waals surface area contributed by atoms with Crippen molar-refractivity contribution in [1.29, 1.82) is 5.41 Å². The Morgan fingerprint density at radius 2 is 2.16 bits per heavy atom. The fourth-order valence-corrected chi connectivity index (χ4v) is 3.37. The summed E-state index contributed by atoms with van der Waals surface area (Å²) in [5, 5.41) is 15.3. The fraction of sp³-hybridized carbons (Fsp3) is 0.0625. The van der Waals surface area contributed by atoms with E-state index in [1.807, 2.05) is 0 Å². The minimum absolute atomic E-state index is 0.0310. The Bertz CT molecular complexity index is 1120. The van der Waals surface area contributed by atoms with E-state index in [4.69, 9.17) is 21.4 Å². The van der Waals surface area contributed by atoms with E-state index in [-0.39, 0.29) is 22.4 Å². The normalized spacial score (nSPS) is 18.6. The molecule has 0 saturated heterocycles. The predicted molar refractivity (Wildman–Crippen MR) is 98.2 cm³/mol. The summed E-state index contributed by atoms with van der Waals surface area (Å²) in [5.41, 5.74) is 0.144. The van der Waals surface area contributed by atoms with Gasteiger partial charge in [0, 0.05) is 5.02 Å². The first-order valence-electron chi connectivity index (χ1n) is 7.12. The molecule has 2 aliphatic rings. The van der Waals surface area contributed by atoms with Gasteiger partial charge in [0.15, 0.2) is 11.3 Å². The van der Waals surface area contributed by atoms with Crippen LogP contribution in [0.5, 0.6) is 0 Å². The maximum absolute atomic E-state index is 12.6. The fourth-order valence-electron chi connectivity index (χ4n) is 2.46. The summed E-state index contributed by atoms with van der Waals surface area (Å²) >= 11 is 7.14. The number of carbonyl (C=O) groups is 1. The number of nitrogens with zero attached hydrogens (tertiary/aromatic N) is 3. The number of hydrogen-bond donors (Lipinski definition) is 1. The molecule has 4 rings (SSSR count). The second kappa shape index (κ2) is 5.68. The first-order valence-corrected chi connectivity index (χ1v) is 8.31. The highest BCUT2D eigenvalue weighted by Crippen LogP contribution is 2.28. The Balaban J connectivity index is 1.85. The molecule has 1 N–H and O–H groups in total. The van der Waals surface area contributed by atoms with Crippen molar-refractivity contribution < 1.29 is 9.21 Å². The zero-order valence-electron chi connectivity index (χ0n) is 12.7. The summed E-state index contributed by atoms with van der Waals surface area (Å²) in [7, 11) is 0. The van der Waals surface area contributed by atoms with Crippen LogP contribution >= 0.6 is 23.4 Å². The van der Waals surface area contributed by atoms with E-state index in [0.29, 0.717) is 26.2 Å². The summed E-state index contributed by atoms with van der Waals surface area (Å²) in [6.45, 7) is 1.76. The molecule has 0 radical (unpaired) electrons. The van der Waals surface area contributed by atoms with Gasteiger partial charge in [-0.15, -0.1) is 0 Å². The Morgan fingerprint density at radius 3 is 2.96 bits per heavy atom. The molecule has 1 amide bonds. The molecule has 3 heterocycles. The molecule has 1 aromatic carbocycles. The van der Waals surface area contributed by atoms with Crippen LogP contribution in [0.25, 0.3) is 17.0 Å². The average molecular weight is 373 g/mol. The number of hydrogen-bond acceptors (Lipinski definition) is 6. The molecular weight excluding hydrogens is 364 g/mol. The van der Waals surface area contributed by atoms with Crippen molar-refractivity contribution in [2.24, 2.45) is 10.1 Å². The van der Waals surface area contributed by atoms with E-state index in [2.05, 4.69) is 10.1 Å². The lowest BCUT2D eigenvalue weighted by Crippen LogP contribution is -2.35. The predicted octanol–water partition coefficient (Wildman–Crippen LogP) is 3.09. The van der Waals surface area contributed by atoms with Gasteiger partial charge in [0.1, 0.15) is 11.8 Å². The summed E-state index contributed by atoms with van der Waals surface area (Å²) in [6, 6.07) is 4.71. The quantitative estimate of drug-likeness (QED) is 0.775. The van der Waals surface area contributed by atoms with Crippen molar-refractivity contribution in [3.8, 4) is 0 Å². The van der Waals surface area contributed by atoms with Crippen LogP contribution in [0, 0.1) is 5.41 Å². The second-order valence-corrected chi connectivity index (χ2v) is 6.90. The molecule has 0 spiro atoms. The number of halogens is 1. The lowest BCUT2D eigenvalue weighted by Gasteiger charge is -2.20. The third-order valence-corrected chi connectivity index (χ3v) is 4.68. The Morgan fingerprint density at radius 1 is 1.36 bits per heavy atom.